The van der Waals surface area contributed by atoms with E-state index >= 15 is 0 Å². The van der Waals surface area contributed by atoms with Crippen molar-refractivity contribution in [2.45, 2.75) is 11.8 Å². The van der Waals surface area contributed by atoms with Gasteiger partial charge in [-0.05, 0) is 37.3 Å². The summed E-state index contributed by atoms with van der Waals surface area (Å²) in [6, 6.07) is 10.9. The van der Waals surface area contributed by atoms with Gasteiger partial charge < -0.3 is 4.74 Å². The van der Waals surface area contributed by atoms with Gasteiger partial charge >= 0.3 is 5.97 Å². The first kappa shape index (κ1) is 17.3. The highest BCUT2D eigenvalue weighted by Gasteiger charge is 2.23. The molecule has 0 aromatic heterocycles. The Hall–Kier alpha value is -2.05. The molecule has 0 radical (unpaired) electrons. The van der Waals surface area contributed by atoms with Gasteiger partial charge in [-0.25, -0.2) is 13.2 Å². The van der Waals surface area contributed by atoms with Gasteiger partial charge in [0.05, 0.1) is 28.3 Å². The molecular formula is C16H16ClNO4S. The van der Waals surface area contributed by atoms with Crippen LogP contribution in [-0.4, -0.2) is 28.5 Å². The number of hydrogen-bond donors (Lipinski definition) is 0. The van der Waals surface area contributed by atoms with Gasteiger partial charge in [0, 0.05) is 7.05 Å². The maximum atomic E-state index is 12.7. The van der Waals surface area contributed by atoms with Crippen LogP contribution in [-0.2, 0) is 14.8 Å². The van der Waals surface area contributed by atoms with E-state index in [1.165, 1.54) is 44.5 Å². The third-order valence-electron chi connectivity index (χ3n) is 3.40. The molecule has 0 spiro atoms. The van der Waals surface area contributed by atoms with Crippen molar-refractivity contribution in [2.24, 2.45) is 0 Å². The van der Waals surface area contributed by atoms with Gasteiger partial charge in [-0.1, -0.05) is 29.3 Å². The topological polar surface area (TPSA) is 63.7 Å². The summed E-state index contributed by atoms with van der Waals surface area (Å²) < 4.78 is 31.1. The standard InChI is InChI=1S/C16H16ClNO4S/c1-11-4-7-13(8-5-11)23(20,21)18(2)12-6-9-15(17)14(10-12)16(19)22-3/h4-10H,1-3H3. The zero-order valence-electron chi connectivity index (χ0n) is 12.9. The number of nitrogens with zero attached hydrogens (tertiary/aromatic N) is 1. The van der Waals surface area contributed by atoms with E-state index in [4.69, 9.17) is 11.6 Å². The van der Waals surface area contributed by atoms with Crippen LogP contribution in [0.2, 0.25) is 5.02 Å². The number of ether oxygens (including phenoxy) is 1. The molecule has 0 atom stereocenters. The second-order valence-electron chi connectivity index (χ2n) is 4.94. The molecule has 0 saturated heterocycles. The van der Waals surface area contributed by atoms with Crippen LogP contribution < -0.4 is 4.31 Å². The van der Waals surface area contributed by atoms with Crippen LogP contribution >= 0.6 is 11.6 Å². The Bertz CT molecular complexity index is 832. The van der Waals surface area contributed by atoms with Gasteiger partial charge in [0.1, 0.15) is 0 Å². The van der Waals surface area contributed by atoms with Crippen LogP contribution in [0, 0.1) is 6.92 Å². The summed E-state index contributed by atoms with van der Waals surface area (Å²) in [5.74, 6) is -0.627. The summed E-state index contributed by atoms with van der Waals surface area (Å²) in [5.41, 5.74) is 1.39. The van der Waals surface area contributed by atoms with Crippen molar-refractivity contribution in [1.82, 2.24) is 0 Å². The van der Waals surface area contributed by atoms with Crippen LogP contribution in [0.3, 0.4) is 0 Å². The molecule has 0 bridgehead atoms. The molecule has 0 N–H and O–H groups in total. The third kappa shape index (κ3) is 3.48. The molecular weight excluding hydrogens is 338 g/mol. The maximum absolute atomic E-state index is 12.7. The number of rotatable bonds is 4. The molecule has 0 fully saturated rings. The lowest BCUT2D eigenvalue weighted by atomic mass is 10.2. The minimum atomic E-state index is -3.73. The largest absolute Gasteiger partial charge is 0.465 e. The fourth-order valence-corrected chi connectivity index (χ4v) is 3.36. The lowest BCUT2D eigenvalue weighted by Crippen LogP contribution is -2.26. The van der Waals surface area contributed by atoms with E-state index in [-0.39, 0.29) is 15.5 Å². The summed E-state index contributed by atoms with van der Waals surface area (Å²) in [5, 5.41) is 0.196. The molecule has 2 aromatic rings. The zero-order chi connectivity index (χ0) is 17.2. The highest BCUT2D eigenvalue weighted by molar-refractivity contribution is 7.92. The van der Waals surface area contributed by atoms with Gasteiger partial charge in [-0.3, -0.25) is 4.31 Å². The Balaban J connectivity index is 2.45. The maximum Gasteiger partial charge on any atom is 0.339 e. The minimum absolute atomic E-state index is 0.109. The van der Waals surface area contributed by atoms with Gasteiger partial charge in [-0.2, -0.15) is 0 Å². The fraction of sp³-hybridized carbons (Fsp3) is 0.188. The number of carbonyl (C=O) groups excluding carboxylic acids is 1. The third-order valence-corrected chi connectivity index (χ3v) is 5.53. The molecule has 2 rings (SSSR count). The highest BCUT2D eigenvalue weighted by Crippen LogP contribution is 2.27. The van der Waals surface area contributed by atoms with E-state index in [1.807, 2.05) is 6.92 Å². The number of anilines is 1. The van der Waals surface area contributed by atoms with E-state index in [9.17, 15) is 13.2 Å². The smallest absolute Gasteiger partial charge is 0.339 e. The lowest BCUT2D eigenvalue weighted by molar-refractivity contribution is 0.0601. The number of benzene rings is 2. The molecule has 0 aliphatic heterocycles. The predicted molar refractivity (Wildman–Crippen MR) is 89.6 cm³/mol. The Labute approximate surface area is 140 Å². The quantitative estimate of drug-likeness (QED) is 0.791. The molecule has 23 heavy (non-hydrogen) atoms. The molecule has 0 saturated carbocycles. The van der Waals surface area contributed by atoms with Crippen molar-refractivity contribution in [3.63, 3.8) is 0 Å². The first-order chi connectivity index (χ1) is 10.8. The molecule has 2 aromatic carbocycles. The summed E-state index contributed by atoms with van der Waals surface area (Å²) >= 11 is 5.95. The van der Waals surface area contributed by atoms with E-state index in [1.54, 1.807) is 12.1 Å². The SMILES string of the molecule is COC(=O)c1cc(N(C)S(=O)(=O)c2ccc(C)cc2)ccc1Cl. The molecule has 0 unspecified atom stereocenters. The van der Waals surface area contributed by atoms with Crippen molar-refractivity contribution in [3.05, 3.63) is 58.6 Å². The molecule has 0 aliphatic carbocycles. The second kappa shape index (κ2) is 6.60. The normalized spacial score (nSPS) is 11.1. The summed E-state index contributed by atoms with van der Waals surface area (Å²) in [6.07, 6.45) is 0. The van der Waals surface area contributed by atoms with Crippen molar-refractivity contribution in [3.8, 4) is 0 Å². The molecule has 5 nitrogen and oxygen atoms in total. The first-order valence-electron chi connectivity index (χ1n) is 6.71. The first-order valence-corrected chi connectivity index (χ1v) is 8.52. The Morgan fingerprint density at radius 1 is 1.13 bits per heavy atom. The van der Waals surface area contributed by atoms with Gasteiger partial charge in [-0.15, -0.1) is 0 Å². The number of carbonyl (C=O) groups is 1. The molecule has 122 valence electrons. The predicted octanol–water partition coefficient (Wildman–Crippen LogP) is 3.26. The highest BCUT2D eigenvalue weighted by atomic mass is 35.5. The number of esters is 1. The van der Waals surface area contributed by atoms with Gasteiger partial charge in [0.2, 0.25) is 0 Å². The molecule has 0 amide bonds. The fourth-order valence-electron chi connectivity index (χ4n) is 1.98. The number of sulfonamides is 1. The summed E-state index contributed by atoms with van der Waals surface area (Å²) in [7, 11) is -1.08. The number of methoxy groups -OCH3 is 1. The summed E-state index contributed by atoms with van der Waals surface area (Å²) in [6.45, 7) is 1.88. The molecule has 7 heteroatoms. The van der Waals surface area contributed by atoms with Crippen LogP contribution in [0.15, 0.2) is 47.4 Å². The average molecular weight is 354 g/mol. The van der Waals surface area contributed by atoms with E-state index in [0.29, 0.717) is 5.69 Å². The van der Waals surface area contributed by atoms with E-state index in [0.717, 1.165) is 9.87 Å². The Morgan fingerprint density at radius 3 is 2.30 bits per heavy atom. The average Bonchev–Trinajstić information content (AvgIpc) is 2.54. The monoisotopic (exact) mass is 353 g/mol. The Kier molecular flexibility index (Phi) is 4.97. The van der Waals surface area contributed by atoms with Crippen molar-refractivity contribution < 1.29 is 17.9 Å². The van der Waals surface area contributed by atoms with Crippen molar-refractivity contribution in [2.75, 3.05) is 18.5 Å². The van der Waals surface area contributed by atoms with E-state index in [2.05, 4.69) is 4.74 Å². The Morgan fingerprint density at radius 2 is 1.74 bits per heavy atom. The van der Waals surface area contributed by atoms with Crippen LogP contribution in [0.5, 0.6) is 0 Å². The van der Waals surface area contributed by atoms with Crippen molar-refractivity contribution in [1.29, 1.82) is 0 Å². The number of halogens is 1. The minimum Gasteiger partial charge on any atom is -0.465 e. The molecule has 0 heterocycles. The van der Waals surface area contributed by atoms with Crippen LogP contribution in [0.25, 0.3) is 0 Å². The number of hydrogen-bond acceptors (Lipinski definition) is 4. The van der Waals surface area contributed by atoms with Gasteiger partial charge in [0.25, 0.3) is 10.0 Å². The zero-order valence-corrected chi connectivity index (χ0v) is 14.5. The number of aryl methyl sites for hydroxylation is 1. The van der Waals surface area contributed by atoms with Crippen LogP contribution in [0.1, 0.15) is 15.9 Å². The van der Waals surface area contributed by atoms with Crippen molar-refractivity contribution >= 4 is 33.3 Å². The summed E-state index contributed by atoms with van der Waals surface area (Å²) in [4.78, 5) is 11.9. The van der Waals surface area contributed by atoms with E-state index < -0.39 is 16.0 Å². The second-order valence-corrected chi connectivity index (χ2v) is 7.32. The lowest BCUT2D eigenvalue weighted by Gasteiger charge is -2.20. The van der Waals surface area contributed by atoms with Crippen LogP contribution in [0.4, 0.5) is 5.69 Å². The van der Waals surface area contributed by atoms with Gasteiger partial charge in [0.15, 0.2) is 0 Å². The molecule has 0 aliphatic rings.